The number of allylic oxidation sites excluding steroid dienone is 1. The second-order valence-electron chi connectivity index (χ2n) is 7.47. The van der Waals surface area contributed by atoms with Crippen LogP contribution in [0.3, 0.4) is 0 Å². The summed E-state index contributed by atoms with van der Waals surface area (Å²) in [5, 5.41) is 12.3. The third kappa shape index (κ3) is 6.09. The van der Waals surface area contributed by atoms with E-state index in [1.54, 1.807) is 7.11 Å². The summed E-state index contributed by atoms with van der Waals surface area (Å²) < 4.78 is 17.2. The van der Waals surface area contributed by atoms with Gasteiger partial charge in [0.05, 0.1) is 7.11 Å². The van der Waals surface area contributed by atoms with Gasteiger partial charge >= 0.3 is 0 Å². The predicted octanol–water partition coefficient (Wildman–Crippen LogP) is 3.76. The Labute approximate surface area is 183 Å². The number of hydrogen-bond acceptors (Lipinski definition) is 5. The summed E-state index contributed by atoms with van der Waals surface area (Å²) in [5.41, 5.74) is 2.06. The van der Waals surface area contributed by atoms with Gasteiger partial charge in [0.15, 0.2) is 5.76 Å². The average molecular weight is 426 g/mol. The number of hydrogen-bond donors (Lipinski definition) is 2. The maximum atomic E-state index is 12.9. The van der Waals surface area contributed by atoms with Gasteiger partial charge in [-0.05, 0) is 49.1 Å². The first-order valence-corrected chi connectivity index (χ1v) is 10.7. The van der Waals surface area contributed by atoms with Gasteiger partial charge in [0.2, 0.25) is 6.29 Å². The number of ether oxygens (including phenoxy) is 3. The Kier molecular flexibility index (Phi) is 8.50. The molecule has 3 atom stereocenters. The Balaban J connectivity index is 1.86. The standard InChI is InChI=1S/C25H31NO5/c1-3-30-25-21(10-7-15-27)22(19-11-13-20(29-2)14-12-19)16-23(31-25)24(28)26-17-18-8-5-4-6-9-18/h4-6,8-9,11-14,16,21-22,25,27H,3,7,10,15,17H2,1-2H3,(H,26,28)/t21-,22-,25-/m1/s1. The maximum absolute atomic E-state index is 12.9. The fourth-order valence-corrected chi connectivity index (χ4v) is 3.84. The zero-order chi connectivity index (χ0) is 22.1. The van der Waals surface area contributed by atoms with Crippen molar-refractivity contribution in [3.8, 4) is 5.75 Å². The first-order valence-electron chi connectivity index (χ1n) is 10.7. The normalized spacial score (nSPS) is 20.5. The molecule has 0 saturated carbocycles. The zero-order valence-electron chi connectivity index (χ0n) is 18.1. The number of nitrogens with one attached hydrogen (secondary N) is 1. The second kappa shape index (κ2) is 11.5. The van der Waals surface area contributed by atoms with Crippen molar-refractivity contribution < 1.29 is 24.1 Å². The van der Waals surface area contributed by atoms with Crippen molar-refractivity contribution in [1.82, 2.24) is 5.32 Å². The van der Waals surface area contributed by atoms with E-state index in [0.717, 1.165) is 16.9 Å². The maximum Gasteiger partial charge on any atom is 0.286 e. The van der Waals surface area contributed by atoms with Crippen LogP contribution in [0.4, 0.5) is 0 Å². The van der Waals surface area contributed by atoms with Crippen LogP contribution in [-0.2, 0) is 20.8 Å². The van der Waals surface area contributed by atoms with E-state index >= 15 is 0 Å². The number of amides is 1. The molecule has 6 heteroatoms. The van der Waals surface area contributed by atoms with Crippen LogP contribution in [0, 0.1) is 5.92 Å². The fraction of sp³-hybridized carbons (Fsp3) is 0.400. The van der Waals surface area contributed by atoms with Crippen LogP contribution in [0.25, 0.3) is 0 Å². The summed E-state index contributed by atoms with van der Waals surface area (Å²) in [4.78, 5) is 12.9. The van der Waals surface area contributed by atoms with Gasteiger partial charge in [0, 0.05) is 31.6 Å². The molecular weight excluding hydrogens is 394 g/mol. The number of carbonyl (C=O) groups is 1. The molecule has 0 aromatic heterocycles. The molecule has 1 amide bonds. The third-order valence-electron chi connectivity index (χ3n) is 5.43. The largest absolute Gasteiger partial charge is 0.497 e. The fourth-order valence-electron chi connectivity index (χ4n) is 3.84. The smallest absolute Gasteiger partial charge is 0.286 e. The van der Waals surface area contributed by atoms with Crippen molar-refractivity contribution in [1.29, 1.82) is 0 Å². The van der Waals surface area contributed by atoms with Crippen LogP contribution in [0.1, 0.15) is 36.8 Å². The Hall–Kier alpha value is -2.83. The molecule has 3 rings (SSSR count). The van der Waals surface area contributed by atoms with Gasteiger partial charge in [0.25, 0.3) is 5.91 Å². The molecule has 0 saturated heterocycles. The highest BCUT2D eigenvalue weighted by atomic mass is 16.7. The predicted molar refractivity (Wildman–Crippen MR) is 118 cm³/mol. The summed E-state index contributed by atoms with van der Waals surface area (Å²) in [6.45, 7) is 2.89. The summed E-state index contributed by atoms with van der Waals surface area (Å²) in [7, 11) is 1.63. The molecule has 6 nitrogen and oxygen atoms in total. The first kappa shape index (κ1) is 22.8. The van der Waals surface area contributed by atoms with Gasteiger partial charge < -0.3 is 24.6 Å². The molecule has 31 heavy (non-hydrogen) atoms. The van der Waals surface area contributed by atoms with Crippen LogP contribution in [0.5, 0.6) is 5.75 Å². The number of aliphatic hydroxyl groups is 1. The average Bonchev–Trinajstić information content (AvgIpc) is 2.82. The molecule has 0 spiro atoms. The van der Waals surface area contributed by atoms with Crippen molar-refractivity contribution in [2.45, 2.75) is 38.5 Å². The molecule has 166 valence electrons. The molecule has 1 aliphatic rings. The van der Waals surface area contributed by atoms with E-state index < -0.39 is 6.29 Å². The summed E-state index contributed by atoms with van der Waals surface area (Å²) in [6.07, 6.45) is 2.66. The van der Waals surface area contributed by atoms with E-state index in [9.17, 15) is 9.90 Å². The third-order valence-corrected chi connectivity index (χ3v) is 5.43. The quantitative estimate of drug-likeness (QED) is 0.606. The van der Waals surface area contributed by atoms with Crippen molar-refractivity contribution in [2.75, 3.05) is 20.3 Å². The van der Waals surface area contributed by atoms with Crippen LogP contribution in [-0.4, -0.2) is 37.6 Å². The van der Waals surface area contributed by atoms with Gasteiger partial charge in [0.1, 0.15) is 5.75 Å². The van der Waals surface area contributed by atoms with Crippen molar-refractivity contribution in [2.24, 2.45) is 5.92 Å². The van der Waals surface area contributed by atoms with Crippen LogP contribution >= 0.6 is 0 Å². The van der Waals surface area contributed by atoms with Gasteiger partial charge in [-0.2, -0.15) is 0 Å². The lowest BCUT2D eigenvalue weighted by Crippen LogP contribution is -2.39. The zero-order valence-corrected chi connectivity index (χ0v) is 18.1. The van der Waals surface area contributed by atoms with Gasteiger partial charge in [-0.1, -0.05) is 42.5 Å². The molecule has 2 aromatic rings. The highest BCUT2D eigenvalue weighted by Crippen LogP contribution is 2.39. The van der Waals surface area contributed by atoms with E-state index in [1.807, 2.05) is 67.6 Å². The minimum atomic E-state index is -0.564. The van der Waals surface area contributed by atoms with Crippen molar-refractivity contribution >= 4 is 5.91 Å². The van der Waals surface area contributed by atoms with Crippen LogP contribution < -0.4 is 10.1 Å². The van der Waals surface area contributed by atoms with E-state index in [2.05, 4.69) is 5.32 Å². The Morgan fingerprint density at radius 2 is 1.87 bits per heavy atom. The SMILES string of the molecule is CCO[C@@H]1OC(C(=O)NCc2ccccc2)=C[C@H](c2ccc(OC)cc2)[C@H]1CCCO. The molecule has 0 bridgehead atoms. The minimum Gasteiger partial charge on any atom is -0.497 e. The van der Waals surface area contributed by atoms with Crippen LogP contribution in [0.15, 0.2) is 66.4 Å². The molecule has 0 fully saturated rings. The van der Waals surface area contributed by atoms with E-state index in [1.165, 1.54) is 0 Å². The highest BCUT2D eigenvalue weighted by Gasteiger charge is 2.37. The molecule has 1 heterocycles. The van der Waals surface area contributed by atoms with Crippen molar-refractivity contribution in [3.63, 3.8) is 0 Å². The monoisotopic (exact) mass is 425 g/mol. The number of rotatable bonds is 10. The molecule has 0 unspecified atom stereocenters. The molecule has 0 aliphatic carbocycles. The Bertz CT molecular complexity index is 850. The minimum absolute atomic E-state index is 0.0221. The van der Waals surface area contributed by atoms with E-state index in [4.69, 9.17) is 14.2 Å². The lowest BCUT2D eigenvalue weighted by Gasteiger charge is -2.37. The summed E-state index contributed by atoms with van der Waals surface area (Å²) in [5.74, 6) is 0.656. The van der Waals surface area contributed by atoms with Gasteiger partial charge in [-0.3, -0.25) is 4.79 Å². The molecule has 1 aliphatic heterocycles. The first-order chi connectivity index (χ1) is 15.2. The van der Waals surface area contributed by atoms with E-state index in [-0.39, 0.29) is 30.1 Å². The van der Waals surface area contributed by atoms with Gasteiger partial charge in [-0.25, -0.2) is 0 Å². The van der Waals surface area contributed by atoms with E-state index in [0.29, 0.717) is 26.0 Å². The van der Waals surface area contributed by atoms with Crippen molar-refractivity contribution in [3.05, 3.63) is 77.6 Å². The summed E-state index contributed by atoms with van der Waals surface area (Å²) >= 11 is 0. The molecule has 2 aromatic carbocycles. The Morgan fingerprint density at radius 1 is 1.13 bits per heavy atom. The summed E-state index contributed by atoms with van der Waals surface area (Å²) in [6, 6.07) is 17.6. The Morgan fingerprint density at radius 3 is 2.52 bits per heavy atom. The highest BCUT2D eigenvalue weighted by molar-refractivity contribution is 5.91. The second-order valence-corrected chi connectivity index (χ2v) is 7.47. The lowest BCUT2D eigenvalue weighted by molar-refractivity contribution is -0.166. The number of aliphatic hydroxyl groups excluding tert-OH is 1. The number of benzene rings is 2. The lowest BCUT2D eigenvalue weighted by atomic mass is 9.80. The molecular formula is C25H31NO5. The van der Waals surface area contributed by atoms with Gasteiger partial charge in [-0.15, -0.1) is 0 Å². The number of carbonyl (C=O) groups excluding carboxylic acids is 1. The molecule has 2 N–H and O–H groups in total. The molecule has 0 radical (unpaired) electrons. The topological polar surface area (TPSA) is 77.0 Å². The number of methoxy groups -OCH3 is 1. The van der Waals surface area contributed by atoms with Crippen LogP contribution in [0.2, 0.25) is 0 Å².